The summed E-state index contributed by atoms with van der Waals surface area (Å²) in [5, 5.41) is 35.6. The van der Waals surface area contributed by atoms with Gasteiger partial charge in [-0.2, -0.15) is 0 Å². The lowest BCUT2D eigenvalue weighted by Gasteiger charge is -2.42. The van der Waals surface area contributed by atoms with Crippen LogP contribution in [0.5, 0.6) is 5.75 Å². The van der Waals surface area contributed by atoms with E-state index in [0.29, 0.717) is 29.5 Å². The molecule has 3 aromatic heterocycles. The fourth-order valence-electron chi connectivity index (χ4n) is 10.3. The summed E-state index contributed by atoms with van der Waals surface area (Å²) in [5.41, 5.74) is 13.6. The predicted octanol–water partition coefficient (Wildman–Crippen LogP) is 4.89. The van der Waals surface area contributed by atoms with Crippen LogP contribution in [-0.4, -0.2) is 132 Å². The van der Waals surface area contributed by atoms with E-state index in [9.17, 15) is 24.6 Å². The van der Waals surface area contributed by atoms with Crippen LogP contribution in [0.2, 0.25) is 0 Å². The third-order valence-electron chi connectivity index (χ3n) is 14.1. The van der Waals surface area contributed by atoms with E-state index in [4.69, 9.17) is 15.7 Å². The van der Waals surface area contributed by atoms with Gasteiger partial charge in [-0.15, -0.1) is 21.5 Å². The van der Waals surface area contributed by atoms with E-state index in [1.54, 1.807) is 23.5 Å². The number of phenols is 1. The molecule has 2 bridgehead atoms. The number of thiazole rings is 1. The van der Waals surface area contributed by atoms with Gasteiger partial charge < -0.3 is 46.2 Å². The Morgan fingerprint density at radius 2 is 1.63 bits per heavy atom. The van der Waals surface area contributed by atoms with Crippen molar-refractivity contribution in [1.29, 1.82) is 0 Å². The van der Waals surface area contributed by atoms with Gasteiger partial charge in [0, 0.05) is 75.6 Å². The zero-order valence-corrected chi connectivity index (χ0v) is 40.0. The maximum Gasteiger partial charge on any atom is 0.246 e. The number of carbonyl (C=O) groups is 3. The number of aliphatic hydroxyl groups excluding tert-OH is 1. The average Bonchev–Trinajstić information content (AvgIpc) is 4.03. The number of aryl methyl sites for hydroxylation is 1. The van der Waals surface area contributed by atoms with Gasteiger partial charge in [-0.3, -0.25) is 14.4 Å². The quantitative estimate of drug-likeness (QED) is 0.106. The molecule has 0 aliphatic carbocycles. The number of nitrogens with two attached hydrogens (primary N) is 1. The Bertz CT molecular complexity index is 2580. The van der Waals surface area contributed by atoms with Gasteiger partial charge in [-0.1, -0.05) is 57.2 Å². The first kappa shape index (κ1) is 46.9. The van der Waals surface area contributed by atoms with Crippen molar-refractivity contribution in [2.75, 3.05) is 54.8 Å². The number of benzene rings is 2. The summed E-state index contributed by atoms with van der Waals surface area (Å²) in [6.07, 6.45) is 7.35. The van der Waals surface area contributed by atoms with E-state index < -0.39 is 23.6 Å². The molecule has 2 unspecified atom stereocenters. The molecule has 9 rings (SSSR count). The highest BCUT2D eigenvalue weighted by atomic mass is 32.1. The number of likely N-dealkylation sites (tertiary alicyclic amines) is 2. The van der Waals surface area contributed by atoms with Crippen molar-refractivity contribution < 1.29 is 24.6 Å². The van der Waals surface area contributed by atoms with E-state index in [1.165, 1.54) is 4.90 Å². The molecule has 18 heteroatoms. The number of rotatable bonds is 13. The second-order valence-corrected chi connectivity index (χ2v) is 20.7. The van der Waals surface area contributed by atoms with E-state index in [0.717, 1.165) is 90.8 Å². The number of anilines is 3. The van der Waals surface area contributed by atoms with Crippen molar-refractivity contribution in [3.05, 3.63) is 89.3 Å². The summed E-state index contributed by atoms with van der Waals surface area (Å²) in [6, 6.07) is 15.7. The number of hydrogen-bond acceptors (Lipinski definition) is 15. The van der Waals surface area contributed by atoms with Crippen molar-refractivity contribution in [3.8, 4) is 27.4 Å². The maximum atomic E-state index is 14.2. The molecule has 0 spiro atoms. The molecule has 68 heavy (non-hydrogen) atoms. The Labute approximate surface area is 401 Å². The zero-order chi connectivity index (χ0) is 47.7. The number of nitrogens with zero attached hydrogens (tertiary/aromatic N) is 9. The minimum atomic E-state index is -0.881. The molecule has 4 saturated heterocycles. The molecule has 4 aliphatic heterocycles. The number of aromatic hydroxyl groups is 1. The van der Waals surface area contributed by atoms with E-state index in [1.807, 2.05) is 88.1 Å². The molecule has 5 atom stereocenters. The number of fused-ring (bicyclic) bond motifs is 2. The third-order valence-corrected chi connectivity index (χ3v) is 15.1. The fraction of sp³-hybridized carbons (Fsp3) is 0.480. The molecule has 358 valence electrons. The number of aliphatic hydroxyl groups is 1. The van der Waals surface area contributed by atoms with Crippen molar-refractivity contribution >= 4 is 46.5 Å². The number of piperidine rings is 1. The number of β-amino-alcohol motifs (C(OH)–C–C–N with tert-alkyl or cyclic N) is 1. The van der Waals surface area contributed by atoms with Crippen molar-refractivity contribution in [2.45, 2.75) is 109 Å². The standard InChI is InChI=1S/C50H62N12O5S/c1-30-44(68-29-55-30)33-11-9-31(10-12-33)23-52-47(66)41-21-37(63)28-61(41)48(67)45(50(2,3)4)56-43(65)17-20-59-18-15-32(16-19-59)34-24-53-49(54-25-34)62-35-13-14-36(62)27-60(26-35)40-22-39(57-58-46(40)51)38-7-5-6-8-42(38)64/h5-12,22,24-25,29,32,35-37,41,45,63-64H,13-21,23,26-28H2,1-4H3,(H2,51,58)(H,52,66)(H,56,65)/t35?,36?,37-,41+,45-/m1/s1. The summed E-state index contributed by atoms with van der Waals surface area (Å²) >= 11 is 1.58. The number of nitrogens with one attached hydrogen (secondary N) is 2. The summed E-state index contributed by atoms with van der Waals surface area (Å²) in [4.78, 5) is 64.8. The van der Waals surface area contributed by atoms with Crippen molar-refractivity contribution in [3.63, 3.8) is 0 Å². The van der Waals surface area contributed by atoms with Crippen molar-refractivity contribution in [1.82, 2.24) is 45.6 Å². The van der Waals surface area contributed by atoms with Gasteiger partial charge in [-0.05, 0) is 91.9 Å². The molecule has 6 N–H and O–H groups in total. The largest absolute Gasteiger partial charge is 0.507 e. The average molecular weight is 943 g/mol. The smallest absolute Gasteiger partial charge is 0.246 e. The number of piperazine rings is 1. The second kappa shape index (κ2) is 19.8. The highest BCUT2D eigenvalue weighted by Gasteiger charge is 2.45. The molecule has 0 radical (unpaired) electrons. The molecule has 17 nitrogen and oxygen atoms in total. The summed E-state index contributed by atoms with van der Waals surface area (Å²) in [5.74, 6) is 0.628. The first-order valence-corrected chi connectivity index (χ1v) is 24.6. The normalized spacial score (nSPS) is 21.5. The molecule has 2 aromatic carbocycles. The lowest BCUT2D eigenvalue weighted by atomic mass is 9.85. The Balaban J connectivity index is 0.741. The van der Waals surface area contributed by atoms with Crippen LogP contribution in [0.1, 0.15) is 82.0 Å². The first-order valence-electron chi connectivity index (χ1n) is 23.7. The number of nitrogen functional groups attached to an aromatic ring is 1. The monoisotopic (exact) mass is 942 g/mol. The van der Waals surface area contributed by atoms with Crippen LogP contribution in [-0.2, 0) is 20.9 Å². The zero-order valence-electron chi connectivity index (χ0n) is 39.2. The van der Waals surface area contributed by atoms with Gasteiger partial charge in [-0.25, -0.2) is 15.0 Å². The van der Waals surface area contributed by atoms with Crippen LogP contribution in [0.25, 0.3) is 21.7 Å². The minimum absolute atomic E-state index is 0.0222. The number of para-hydroxylation sites is 1. The van der Waals surface area contributed by atoms with Gasteiger partial charge in [0.05, 0.1) is 33.6 Å². The number of phenolic OH excluding ortho intramolecular Hbond substituents is 1. The summed E-state index contributed by atoms with van der Waals surface area (Å²) < 4.78 is 0. The molecule has 0 saturated carbocycles. The van der Waals surface area contributed by atoms with Gasteiger partial charge in [0.1, 0.15) is 17.8 Å². The molecule has 4 fully saturated rings. The topological polar surface area (TPSA) is 219 Å². The van der Waals surface area contributed by atoms with Crippen LogP contribution in [0, 0.1) is 12.3 Å². The Morgan fingerprint density at radius 1 is 0.926 bits per heavy atom. The van der Waals surface area contributed by atoms with Crippen LogP contribution in [0.15, 0.2) is 72.5 Å². The highest BCUT2D eigenvalue weighted by molar-refractivity contribution is 7.13. The van der Waals surface area contributed by atoms with Crippen molar-refractivity contribution in [2.24, 2.45) is 5.41 Å². The Hall–Kier alpha value is -6.24. The Kier molecular flexibility index (Phi) is 13.6. The van der Waals surface area contributed by atoms with Crippen LogP contribution >= 0.6 is 11.3 Å². The lowest BCUT2D eigenvalue weighted by Crippen LogP contribution is -2.58. The number of aromatic nitrogens is 5. The second-order valence-electron chi connectivity index (χ2n) is 19.8. The van der Waals surface area contributed by atoms with E-state index in [-0.39, 0.29) is 61.5 Å². The van der Waals surface area contributed by atoms with Crippen LogP contribution in [0.4, 0.5) is 17.5 Å². The summed E-state index contributed by atoms with van der Waals surface area (Å²) in [7, 11) is 0. The molecule has 3 amide bonds. The SMILES string of the molecule is Cc1ncsc1-c1ccc(CNC(=O)[C@@H]2C[C@@H](O)CN2C(=O)[C@@H](NC(=O)CCN2CCC(c3cnc(N4C5CCC4CN(c4cc(-c6ccccc6O)nnc4N)C5)nc3)CC2)C(C)(C)C)cc1. The van der Waals surface area contributed by atoms with Gasteiger partial charge in [0.15, 0.2) is 5.82 Å². The van der Waals surface area contributed by atoms with Gasteiger partial charge >= 0.3 is 0 Å². The number of carbonyl (C=O) groups excluding carboxylic acids is 3. The molecular formula is C50H62N12O5S. The van der Waals surface area contributed by atoms with Crippen LogP contribution in [0.3, 0.4) is 0 Å². The first-order chi connectivity index (χ1) is 32.7. The number of amides is 3. The van der Waals surface area contributed by atoms with Gasteiger partial charge in [0.2, 0.25) is 23.7 Å². The van der Waals surface area contributed by atoms with E-state index in [2.05, 4.69) is 40.5 Å². The molecule has 7 heterocycles. The third kappa shape index (κ3) is 10.1. The lowest BCUT2D eigenvalue weighted by molar-refractivity contribution is -0.144. The molecule has 5 aromatic rings. The highest BCUT2D eigenvalue weighted by Crippen LogP contribution is 2.39. The van der Waals surface area contributed by atoms with Gasteiger partial charge in [0.25, 0.3) is 0 Å². The summed E-state index contributed by atoms with van der Waals surface area (Å²) in [6.45, 7) is 11.7. The molecule has 4 aliphatic rings. The van der Waals surface area contributed by atoms with Crippen LogP contribution < -0.4 is 26.2 Å². The molecular weight excluding hydrogens is 881 g/mol. The minimum Gasteiger partial charge on any atom is -0.507 e. The maximum absolute atomic E-state index is 14.2. The van der Waals surface area contributed by atoms with E-state index >= 15 is 0 Å². The Morgan fingerprint density at radius 3 is 2.29 bits per heavy atom. The predicted molar refractivity (Wildman–Crippen MR) is 262 cm³/mol. The fourth-order valence-corrected chi connectivity index (χ4v) is 11.1. The number of hydrogen-bond donors (Lipinski definition) is 5.